The summed E-state index contributed by atoms with van der Waals surface area (Å²) in [6, 6.07) is 3.71. The lowest BCUT2D eigenvalue weighted by Gasteiger charge is -2.30. The van der Waals surface area contributed by atoms with Gasteiger partial charge in [-0.1, -0.05) is 31.8 Å². The Morgan fingerprint density at radius 2 is 2.07 bits per heavy atom. The lowest BCUT2D eigenvalue weighted by molar-refractivity contribution is -0.0671. The lowest BCUT2D eigenvalue weighted by Crippen LogP contribution is -2.44. The molecule has 0 aliphatic carbocycles. The van der Waals surface area contributed by atoms with Crippen LogP contribution >= 0.6 is 0 Å². The number of aromatic nitrogens is 3. The maximum Gasteiger partial charge on any atom is 0.151 e. The Hall–Kier alpha value is -2.39. The minimum atomic E-state index is -0.977. The molecule has 0 radical (unpaired) electrons. The molecule has 0 amide bonds. The number of azide groups is 1. The number of ether oxygens (including phenoxy) is 3. The Morgan fingerprint density at radius 1 is 1.30 bits per heavy atom. The third-order valence-electron chi connectivity index (χ3n) is 5.51. The minimum Gasteiger partial charge on any atom is -0.382 e. The number of nitrogens with zero attached hydrogens (tertiary/aromatic N) is 6. The standard InChI is InChI=1S/C20H31N7O3/c1-4-6-10-28-12-16-18(29-11-7-5-2)20(3,25-26-22)17(30-16)14-8-9-15-19(21)23-13-24-27(14)15/h8-9,13,16-18H,4-7,10-12H2,1-3H3,(H2,21,23,24)/t16-,17+,18-,20+/m1/s1. The quantitative estimate of drug-likeness (QED) is 0.256. The molecule has 164 valence electrons. The Morgan fingerprint density at radius 3 is 2.80 bits per heavy atom. The van der Waals surface area contributed by atoms with Gasteiger partial charge in [0.1, 0.15) is 29.6 Å². The molecule has 2 aromatic rings. The van der Waals surface area contributed by atoms with Crippen LogP contribution in [0.25, 0.3) is 16.0 Å². The number of hydrogen-bond acceptors (Lipinski definition) is 7. The maximum atomic E-state index is 9.35. The summed E-state index contributed by atoms with van der Waals surface area (Å²) in [6.45, 7) is 7.66. The second-order valence-electron chi connectivity index (χ2n) is 7.74. The molecule has 2 aromatic heterocycles. The summed E-state index contributed by atoms with van der Waals surface area (Å²) in [5.41, 5.74) is 15.8. The van der Waals surface area contributed by atoms with Gasteiger partial charge in [0.05, 0.1) is 18.4 Å². The molecule has 1 aliphatic rings. The van der Waals surface area contributed by atoms with Crippen LogP contribution in [-0.2, 0) is 14.2 Å². The van der Waals surface area contributed by atoms with E-state index < -0.39 is 17.7 Å². The average Bonchev–Trinajstić information content (AvgIpc) is 3.26. The molecular formula is C20H31N7O3. The molecule has 4 atom stereocenters. The van der Waals surface area contributed by atoms with Gasteiger partial charge in [-0.3, -0.25) is 0 Å². The maximum absolute atomic E-state index is 9.35. The molecule has 3 heterocycles. The first-order valence-electron chi connectivity index (χ1n) is 10.6. The highest BCUT2D eigenvalue weighted by Crippen LogP contribution is 2.46. The first-order valence-corrected chi connectivity index (χ1v) is 10.6. The summed E-state index contributed by atoms with van der Waals surface area (Å²) in [7, 11) is 0. The molecule has 0 bridgehead atoms. The fraction of sp³-hybridized carbons (Fsp3) is 0.700. The Kier molecular flexibility index (Phi) is 7.49. The van der Waals surface area contributed by atoms with Gasteiger partial charge in [-0.25, -0.2) is 9.50 Å². The predicted molar refractivity (Wildman–Crippen MR) is 113 cm³/mol. The number of rotatable bonds is 11. The van der Waals surface area contributed by atoms with Gasteiger partial charge < -0.3 is 19.9 Å². The van der Waals surface area contributed by atoms with E-state index in [1.54, 1.807) is 4.52 Å². The number of hydrogen-bond donors (Lipinski definition) is 1. The second-order valence-corrected chi connectivity index (χ2v) is 7.74. The number of anilines is 1. The molecule has 10 nitrogen and oxygen atoms in total. The number of nitrogens with two attached hydrogens (primary N) is 1. The molecule has 0 spiro atoms. The molecule has 0 unspecified atom stereocenters. The zero-order valence-corrected chi connectivity index (χ0v) is 17.9. The van der Waals surface area contributed by atoms with E-state index in [9.17, 15) is 5.53 Å². The topological polar surface area (TPSA) is 133 Å². The first kappa shape index (κ1) is 22.3. The molecule has 30 heavy (non-hydrogen) atoms. The van der Waals surface area contributed by atoms with Crippen molar-refractivity contribution in [3.8, 4) is 0 Å². The van der Waals surface area contributed by atoms with Crippen LogP contribution in [0, 0.1) is 0 Å². The van der Waals surface area contributed by atoms with Crippen molar-refractivity contribution in [1.29, 1.82) is 0 Å². The smallest absolute Gasteiger partial charge is 0.151 e. The molecule has 0 aromatic carbocycles. The highest BCUT2D eigenvalue weighted by Gasteiger charge is 2.55. The van der Waals surface area contributed by atoms with Crippen molar-refractivity contribution in [2.45, 2.75) is 70.3 Å². The predicted octanol–water partition coefficient (Wildman–Crippen LogP) is 3.82. The average molecular weight is 418 g/mol. The molecular weight excluding hydrogens is 386 g/mol. The van der Waals surface area contributed by atoms with Gasteiger partial charge in [-0.05, 0) is 37.4 Å². The van der Waals surface area contributed by atoms with Gasteiger partial charge >= 0.3 is 0 Å². The zero-order valence-electron chi connectivity index (χ0n) is 17.9. The summed E-state index contributed by atoms with van der Waals surface area (Å²) < 4.78 is 20.1. The van der Waals surface area contributed by atoms with Gasteiger partial charge in [0.15, 0.2) is 5.82 Å². The molecule has 1 aliphatic heterocycles. The first-order chi connectivity index (χ1) is 14.6. The van der Waals surface area contributed by atoms with E-state index in [-0.39, 0.29) is 6.10 Å². The summed E-state index contributed by atoms with van der Waals surface area (Å²) in [6.07, 6.45) is 3.95. The summed E-state index contributed by atoms with van der Waals surface area (Å²) >= 11 is 0. The van der Waals surface area contributed by atoms with Crippen LogP contribution in [-0.4, -0.2) is 52.2 Å². The normalized spacial score (nSPS) is 26.2. The number of fused-ring (bicyclic) bond motifs is 1. The van der Waals surface area contributed by atoms with E-state index in [1.165, 1.54) is 6.33 Å². The molecule has 1 saturated heterocycles. The Labute approximate surface area is 176 Å². The minimum absolute atomic E-state index is 0.365. The summed E-state index contributed by atoms with van der Waals surface area (Å²) in [5, 5.41) is 8.49. The lowest BCUT2D eigenvalue weighted by atomic mass is 9.88. The van der Waals surface area contributed by atoms with Gasteiger partial charge in [0, 0.05) is 18.1 Å². The van der Waals surface area contributed by atoms with Crippen molar-refractivity contribution in [2.75, 3.05) is 25.6 Å². The molecule has 0 saturated carbocycles. The van der Waals surface area contributed by atoms with E-state index in [4.69, 9.17) is 19.9 Å². The second kappa shape index (κ2) is 10.1. The van der Waals surface area contributed by atoms with Gasteiger partial charge in [0.2, 0.25) is 0 Å². The van der Waals surface area contributed by atoms with Crippen molar-refractivity contribution < 1.29 is 14.2 Å². The van der Waals surface area contributed by atoms with Crippen LogP contribution in [0.5, 0.6) is 0 Å². The third-order valence-corrected chi connectivity index (χ3v) is 5.51. The third kappa shape index (κ3) is 4.37. The monoisotopic (exact) mass is 417 g/mol. The van der Waals surface area contributed by atoms with Crippen LogP contribution < -0.4 is 5.73 Å². The largest absolute Gasteiger partial charge is 0.382 e. The van der Waals surface area contributed by atoms with Crippen LogP contribution in [0.4, 0.5) is 5.82 Å². The number of unbranched alkanes of at least 4 members (excludes halogenated alkanes) is 2. The van der Waals surface area contributed by atoms with Crippen LogP contribution in [0.1, 0.15) is 58.3 Å². The van der Waals surface area contributed by atoms with Crippen molar-refractivity contribution in [3.63, 3.8) is 0 Å². The van der Waals surface area contributed by atoms with E-state index in [0.29, 0.717) is 31.2 Å². The molecule has 10 heteroatoms. The Balaban J connectivity index is 1.95. The van der Waals surface area contributed by atoms with Gasteiger partial charge in [-0.15, -0.1) is 0 Å². The molecule has 2 N–H and O–H groups in total. The van der Waals surface area contributed by atoms with Crippen molar-refractivity contribution in [3.05, 3.63) is 34.6 Å². The fourth-order valence-corrected chi connectivity index (χ4v) is 3.86. The Bertz CT molecular complexity index is 882. The van der Waals surface area contributed by atoms with E-state index >= 15 is 0 Å². The highest BCUT2D eigenvalue weighted by atomic mass is 16.6. The van der Waals surface area contributed by atoms with Crippen LogP contribution in [0.2, 0.25) is 0 Å². The highest BCUT2D eigenvalue weighted by molar-refractivity contribution is 5.65. The van der Waals surface area contributed by atoms with E-state index in [2.05, 4.69) is 34.0 Å². The summed E-state index contributed by atoms with van der Waals surface area (Å²) in [5.74, 6) is 0.370. The molecule has 3 rings (SSSR count). The summed E-state index contributed by atoms with van der Waals surface area (Å²) in [4.78, 5) is 7.16. The van der Waals surface area contributed by atoms with Gasteiger partial charge in [-0.2, -0.15) is 5.10 Å². The fourth-order valence-electron chi connectivity index (χ4n) is 3.86. The van der Waals surface area contributed by atoms with E-state index in [1.807, 2.05) is 19.1 Å². The zero-order chi connectivity index (χ0) is 21.6. The van der Waals surface area contributed by atoms with Crippen LogP contribution in [0.3, 0.4) is 0 Å². The van der Waals surface area contributed by atoms with E-state index in [0.717, 1.165) is 31.4 Å². The van der Waals surface area contributed by atoms with Crippen LogP contribution in [0.15, 0.2) is 23.6 Å². The van der Waals surface area contributed by atoms with Crippen molar-refractivity contribution in [2.24, 2.45) is 5.11 Å². The van der Waals surface area contributed by atoms with Crippen molar-refractivity contribution >= 4 is 11.3 Å². The van der Waals surface area contributed by atoms with Gasteiger partial charge in [0.25, 0.3) is 0 Å². The van der Waals surface area contributed by atoms with Crippen molar-refractivity contribution in [1.82, 2.24) is 14.6 Å². The molecule has 1 fully saturated rings. The SMILES string of the molecule is CCCCOC[C@H]1O[C@@H](c2ccc3c(N)ncnn23)[C@](C)(N=[N+]=[N-])[C@@H]1OCCCC. The number of nitrogen functional groups attached to an aromatic ring is 1.